The van der Waals surface area contributed by atoms with Crippen LogP contribution in [0.3, 0.4) is 0 Å². The fourth-order valence-corrected chi connectivity index (χ4v) is 0.470. The van der Waals surface area contributed by atoms with E-state index in [-0.39, 0.29) is 0 Å². The second-order valence-corrected chi connectivity index (χ2v) is 1.41. The van der Waals surface area contributed by atoms with Crippen molar-refractivity contribution in [2.45, 2.75) is 6.92 Å². The summed E-state index contributed by atoms with van der Waals surface area (Å²) < 4.78 is 5.04. The van der Waals surface area contributed by atoms with Crippen molar-refractivity contribution < 1.29 is 4.74 Å². The third-order valence-electron chi connectivity index (χ3n) is 0.784. The molecular formula is C5H7N3O. The van der Waals surface area contributed by atoms with Crippen LogP contribution in [0.5, 0.6) is 5.75 Å². The number of hydrogen-bond acceptors (Lipinski definition) is 4. The van der Waals surface area contributed by atoms with E-state index >= 15 is 0 Å². The Kier molecular flexibility index (Phi) is 1.95. The Morgan fingerprint density at radius 2 is 2.11 bits per heavy atom. The molecular weight excluding hydrogens is 118 g/mol. The largest absolute Gasteiger partial charge is 0.490 e. The van der Waals surface area contributed by atoms with Gasteiger partial charge in [-0.15, -0.1) is 10.2 Å². The highest BCUT2D eigenvalue weighted by Gasteiger charge is 1.87. The van der Waals surface area contributed by atoms with Crippen molar-refractivity contribution in [3.8, 4) is 5.75 Å². The van der Waals surface area contributed by atoms with Gasteiger partial charge in [0.2, 0.25) is 0 Å². The SMILES string of the molecule is CCOc1cnnnc1. The maximum atomic E-state index is 5.04. The Balaban J connectivity index is 2.61. The van der Waals surface area contributed by atoms with Gasteiger partial charge in [-0.3, -0.25) is 0 Å². The Morgan fingerprint density at radius 1 is 1.44 bits per heavy atom. The van der Waals surface area contributed by atoms with Gasteiger partial charge in [0, 0.05) is 0 Å². The van der Waals surface area contributed by atoms with Crippen molar-refractivity contribution in [1.29, 1.82) is 0 Å². The predicted molar refractivity (Wildman–Crippen MR) is 31.0 cm³/mol. The van der Waals surface area contributed by atoms with Crippen molar-refractivity contribution in [1.82, 2.24) is 15.4 Å². The number of aromatic nitrogens is 3. The van der Waals surface area contributed by atoms with E-state index in [1.165, 1.54) is 12.4 Å². The molecule has 0 amide bonds. The van der Waals surface area contributed by atoms with E-state index in [0.29, 0.717) is 12.4 Å². The molecule has 0 spiro atoms. The molecule has 0 atom stereocenters. The zero-order chi connectivity index (χ0) is 6.53. The van der Waals surface area contributed by atoms with Gasteiger partial charge in [-0.2, -0.15) is 0 Å². The van der Waals surface area contributed by atoms with Crippen molar-refractivity contribution in [2.24, 2.45) is 0 Å². The van der Waals surface area contributed by atoms with E-state index in [2.05, 4.69) is 15.4 Å². The van der Waals surface area contributed by atoms with Crippen LogP contribution in [0.2, 0.25) is 0 Å². The molecule has 9 heavy (non-hydrogen) atoms. The van der Waals surface area contributed by atoms with E-state index in [1.807, 2.05) is 6.92 Å². The molecule has 0 saturated heterocycles. The molecule has 1 aromatic rings. The van der Waals surface area contributed by atoms with E-state index in [0.717, 1.165) is 0 Å². The summed E-state index contributed by atoms with van der Waals surface area (Å²) in [6.45, 7) is 2.54. The average Bonchev–Trinajstić information content (AvgIpc) is 1.91. The van der Waals surface area contributed by atoms with Crippen LogP contribution in [-0.2, 0) is 0 Å². The van der Waals surface area contributed by atoms with Crippen molar-refractivity contribution in [3.63, 3.8) is 0 Å². The van der Waals surface area contributed by atoms with Crippen LogP contribution in [0.4, 0.5) is 0 Å². The third kappa shape index (κ3) is 1.64. The zero-order valence-corrected chi connectivity index (χ0v) is 5.11. The molecule has 0 radical (unpaired) electrons. The van der Waals surface area contributed by atoms with Crippen molar-refractivity contribution in [2.75, 3.05) is 6.61 Å². The van der Waals surface area contributed by atoms with Gasteiger partial charge >= 0.3 is 0 Å². The molecule has 4 heteroatoms. The maximum absolute atomic E-state index is 5.04. The molecule has 1 aromatic heterocycles. The molecule has 0 saturated carbocycles. The van der Waals surface area contributed by atoms with Gasteiger partial charge in [0.05, 0.1) is 19.0 Å². The van der Waals surface area contributed by atoms with Gasteiger partial charge in [0.15, 0.2) is 5.75 Å². The molecule has 1 rings (SSSR count). The molecule has 48 valence electrons. The minimum atomic E-state index is 0.632. The summed E-state index contributed by atoms with van der Waals surface area (Å²) in [5.41, 5.74) is 0. The first kappa shape index (κ1) is 5.94. The molecule has 1 heterocycles. The van der Waals surface area contributed by atoms with E-state index in [4.69, 9.17) is 4.74 Å². The van der Waals surface area contributed by atoms with Crippen molar-refractivity contribution in [3.05, 3.63) is 12.4 Å². The molecule has 0 N–H and O–H groups in total. The highest BCUT2D eigenvalue weighted by molar-refractivity contribution is 5.07. The summed E-state index contributed by atoms with van der Waals surface area (Å²) in [6, 6.07) is 0. The number of nitrogens with zero attached hydrogens (tertiary/aromatic N) is 3. The lowest BCUT2D eigenvalue weighted by Gasteiger charge is -1.96. The molecule has 0 aliphatic heterocycles. The van der Waals surface area contributed by atoms with Crippen LogP contribution in [-0.4, -0.2) is 22.0 Å². The maximum Gasteiger partial charge on any atom is 0.159 e. The van der Waals surface area contributed by atoms with Crippen LogP contribution in [0.15, 0.2) is 12.4 Å². The van der Waals surface area contributed by atoms with Crippen LogP contribution >= 0.6 is 0 Å². The van der Waals surface area contributed by atoms with Gasteiger partial charge in [-0.1, -0.05) is 0 Å². The highest BCUT2D eigenvalue weighted by Crippen LogP contribution is 2.01. The highest BCUT2D eigenvalue weighted by atomic mass is 16.5. The summed E-state index contributed by atoms with van der Waals surface area (Å²) in [5, 5.41) is 10.4. The van der Waals surface area contributed by atoms with E-state index in [1.54, 1.807) is 0 Å². The molecule has 0 aliphatic rings. The van der Waals surface area contributed by atoms with Crippen molar-refractivity contribution >= 4 is 0 Å². The lowest BCUT2D eigenvalue weighted by atomic mass is 10.6. The molecule has 0 unspecified atom stereocenters. The van der Waals surface area contributed by atoms with Gasteiger partial charge in [-0.05, 0) is 12.1 Å². The summed E-state index contributed by atoms with van der Waals surface area (Å²) in [6.07, 6.45) is 3.05. The van der Waals surface area contributed by atoms with Crippen LogP contribution in [0.25, 0.3) is 0 Å². The lowest BCUT2D eigenvalue weighted by molar-refractivity contribution is 0.335. The minimum absolute atomic E-state index is 0.632. The first-order chi connectivity index (χ1) is 4.43. The van der Waals surface area contributed by atoms with Crippen LogP contribution < -0.4 is 4.74 Å². The summed E-state index contributed by atoms with van der Waals surface area (Å²) in [7, 11) is 0. The number of hydrogen-bond donors (Lipinski definition) is 0. The van der Waals surface area contributed by atoms with E-state index in [9.17, 15) is 0 Å². The van der Waals surface area contributed by atoms with Gasteiger partial charge in [0.25, 0.3) is 0 Å². The van der Waals surface area contributed by atoms with Crippen LogP contribution in [0.1, 0.15) is 6.92 Å². The Hall–Kier alpha value is -1.19. The summed E-state index contributed by atoms with van der Waals surface area (Å²) in [4.78, 5) is 0. The summed E-state index contributed by atoms with van der Waals surface area (Å²) in [5.74, 6) is 0.660. The number of rotatable bonds is 2. The monoisotopic (exact) mass is 125 g/mol. The number of ether oxygens (including phenoxy) is 1. The Labute approximate surface area is 52.9 Å². The minimum Gasteiger partial charge on any atom is -0.490 e. The molecule has 0 aromatic carbocycles. The van der Waals surface area contributed by atoms with Gasteiger partial charge in [0.1, 0.15) is 0 Å². The Bertz CT molecular complexity index is 165. The standard InChI is InChI=1S/C5H7N3O/c1-2-9-5-3-6-8-7-4-5/h3-4H,2H2,1H3. The molecule has 0 aliphatic carbocycles. The smallest absolute Gasteiger partial charge is 0.159 e. The topological polar surface area (TPSA) is 47.9 Å². The second-order valence-electron chi connectivity index (χ2n) is 1.41. The Morgan fingerprint density at radius 3 is 2.67 bits per heavy atom. The molecule has 4 nitrogen and oxygen atoms in total. The van der Waals surface area contributed by atoms with E-state index < -0.39 is 0 Å². The molecule has 0 bridgehead atoms. The fraction of sp³-hybridized carbons (Fsp3) is 0.400. The zero-order valence-electron chi connectivity index (χ0n) is 5.11. The summed E-state index contributed by atoms with van der Waals surface area (Å²) >= 11 is 0. The lowest BCUT2D eigenvalue weighted by Crippen LogP contribution is -1.93. The first-order valence-corrected chi connectivity index (χ1v) is 2.69. The second kappa shape index (κ2) is 2.96. The first-order valence-electron chi connectivity index (χ1n) is 2.69. The quantitative estimate of drug-likeness (QED) is 0.569. The van der Waals surface area contributed by atoms with Crippen LogP contribution in [0, 0.1) is 0 Å². The molecule has 0 fully saturated rings. The predicted octanol–water partition coefficient (Wildman–Crippen LogP) is 0.270. The average molecular weight is 125 g/mol. The van der Waals surface area contributed by atoms with Gasteiger partial charge in [-0.25, -0.2) is 0 Å². The fourth-order valence-electron chi connectivity index (χ4n) is 0.470. The van der Waals surface area contributed by atoms with Gasteiger partial charge < -0.3 is 4.74 Å². The normalized spacial score (nSPS) is 9.00. The third-order valence-corrected chi connectivity index (χ3v) is 0.784.